The normalized spacial score (nSPS) is 15.7. The van der Waals surface area contributed by atoms with E-state index in [1.807, 2.05) is 24.3 Å². The molecule has 1 aliphatic rings. The molecular weight excluding hydrogens is 328 g/mol. The molecular formula is C20H28N4O2. The van der Waals surface area contributed by atoms with Gasteiger partial charge in [-0.2, -0.15) is 0 Å². The largest absolute Gasteiger partial charge is 0.491 e. The summed E-state index contributed by atoms with van der Waals surface area (Å²) in [5.74, 6) is 0.503. The molecule has 0 aromatic heterocycles. The van der Waals surface area contributed by atoms with E-state index in [0.717, 1.165) is 30.8 Å². The van der Waals surface area contributed by atoms with Gasteiger partial charge in [-0.25, -0.2) is 4.99 Å². The summed E-state index contributed by atoms with van der Waals surface area (Å²) in [5, 5.41) is 17.1. The zero-order valence-electron chi connectivity index (χ0n) is 15.5. The SMILES string of the molecule is CCCCOC1=CC(=Nc2ccc(N(CC)CCO)cc2)C(N)=CC1=N. The van der Waals surface area contributed by atoms with Gasteiger partial charge in [-0.3, -0.25) is 5.41 Å². The summed E-state index contributed by atoms with van der Waals surface area (Å²) in [6.07, 6.45) is 5.29. The molecule has 0 saturated heterocycles. The molecule has 6 heteroatoms. The molecule has 26 heavy (non-hydrogen) atoms. The van der Waals surface area contributed by atoms with Crippen LogP contribution in [0.5, 0.6) is 0 Å². The number of ether oxygens (including phenoxy) is 1. The van der Waals surface area contributed by atoms with E-state index in [1.165, 1.54) is 0 Å². The van der Waals surface area contributed by atoms with Crippen molar-refractivity contribution in [1.29, 1.82) is 5.41 Å². The second-order valence-corrected chi connectivity index (χ2v) is 6.04. The van der Waals surface area contributed by atoms with Crippen LogP contribution in [0.1, 0.15) is 26.7 Å². The van der Waals surface area contributed by atoms with Gasteiger partial charge in [-0.05, 0) is 43.7 Å². The number of hydrogen-bond acceptors (Lipinski definition) is 6. The number of nitrogens with zero attached hydrogens (tertiary/aromatic N) is 2. The summed E-state index contributed by atoms with van der Waals surface area (Å²) in [4.78, 5) is 6.68. The van der Waals surface area contributed by atoms with Crippen LogP contribution in [0.25, 0.3) is 0 Å². The minimum Gasteiger partial charge on any atom is -0.491 e. The molecule has 6 nitrogen and oxygen atoms in total. The van der Waals surface area contributed by atoms with Crippen LogP contribution in [0.15, 0.2) is 52.9 Å². The Hall–Kier alpha value is -2.60. The van der Waals surface area contributed by atoms with Crippen molar-refractivity contribution in [1.82, 2.24) is 0 Å². The summed E-state index contributed by atoms with van der Waals surface area (Å²) in [5.41, 5.74) is 9.17. The smallest absolute Gasteiger partial charge is 0.146 e. The monoisotopic (exact) mass is 356 g/mol. The first-order valence-electron chi connectivity index (χ1n) is 9.04. The number of benzene rings is 1. The molecule has 0 radical (unpaired) electrons. The van der Waals surface area contributed by atoms with Crippen molar-refractivity contribution in [3.8, 4) is 0 Å². The van der Waals surface area contributed by atoms with Crippen LogP contribution in [0, 0.1) is 5.41 Å². The highest BCUT2D eigenvalue weighted by atomic mass is 16.5. The van der Waals surface area contributed by atoms with E-state index >= 15 is 0 Å². The molecule has 1 aromatic rings. The number of aliphatic hydroxyl groups is 1. The number of aliphatic hydroxyl groups excluding tert-OH is 1. The number of hydrogen-bond donors (Lipinski definition) is 3. The summed E-state index contributed by atoms with van der Waals surface area (Å²) in [6, 6.07) is 7.79. The number of rotatable bonds is 9. The summed E-state index contributed by atoms with van der Waals surface area (Å²) in [6.45, 7) is 6.28. The average molecular weight is 356 g/mol. The van der Waals surface area contributed by atoms with Crippen molar-refractivity contribution >= 4 is 22.8 Å². The summed E-state index contributed by atoms with van der Waals surface area (Å²) in [7, 11) is 0. The van der Waals surface area contributed by atoms with E-state index in [-0.39, 0.29) is 12.3 Å². The molecule has 0 saturated carbocycles. The summed E-state index contributed by atoms with van der Waals surface area (Å²) >= 11 is 0. The Labute approximate surface area is 155 Å². The van der Waals surface area contributed by atoms with Gasteiger partial charge in [0.2, 0.25) is 0 Å². The molecule has 0 atom stereocenters. The molecule has 140 valence electrons. The van der Waals surface area contributed by atoms with Gasteiger partial charge in [-0.1, -0.05) is 13.3 Å². The lowest BCUT2D eigenvalue weighted by Crippen LogP contribution is -2.25. The molecule has 0 fully saturated rings. The fraction of sp³-hybridized carbons (Fsp3) is 0.400. The Balaban J connectivity index is 2.18. The van der Waals surface area contributed by atoms with Crippen LogP contribution < -0.4 is 10.6 Å². The van der Waals surface area contributed by atoms with Crippen molar-refractivity contribution in [2.45, 2.75) is 26.7 Å². The number of allylic oxidation sites excluding steroid dienone is 2. The Morgan fingerprint density at radius 1 is 1.19 bits per heavy atom. The Morgan fingerprint density at radius 2 is 1.92 bits per heavy atom. The van der Waals surface area contributed by atoms with Crippen LogP contribution in [-0.4, -0.2) is 42.8 Å². The molecule has 0 amide bonds. The molecule has 0 spiro atoms. The zero-order chi connectivity index (χ0) is 18.9. The lowest BCUT2D eigenvalue weighted by Gasteiger charge is -2.22. The lowest BCUT2D eigenvalue weighted by molar-refractivity contribution is 0.226. The first-order chi connectivity index (χ1) is 12.6. The number of nitrogens with two attached hydrogens (primary N) is 1. The van der Waals surface area contributed by atoms with Crippen molar-refractivity contribution in [2.24, 2.45) is 10.7 Å². The minimum atomic E-state index is 0.122. The van der Waals surface area contributed by atoms with Crippen LogP contribution >= 0.6 is 0 Å². The number of aliphatic imine (C=N–C) groups is 1. The third-order valence-corrected chi connectivity index (χ3v) is 4.10. The van der Waals surface area contributed by atoms with Gasteiger partial charge < -0.3 is 20.5 Å². The Kier molecular flexibility index (Phi) is 7.41. The fourth-order valence-electron chi connectivity index (χ4n) is 2.60. The summed E-state index contributed by atoms with van der Waals surface area (Å²) < 4.78 is 5.67. The van der Waals surface area contributed by atoms with Gasteiger partial charge in [0.05, 0.1) is 36.0 Å². The lowest BCUT2D eigenvalue weighted by atomic mass is 10.1. The van der Waals surface area contributed by atoms with Crippen molar-refractivity contribution < 1.29 is 9.84 Å². The van der Waals surface area contributed by atoms with Crippen molar-refractivity contribution in [3.05, 3.63) is 47.9 Å². The maximum atomic E-state index is 9.13. The minimum absolute atomic E-state index is 0.122. The highest BCUT2D eigenvalue weighted by molar-refractivity contribution is 6.22. The molecule has 1 aromatic carbocycles. The molecule has 0 unspecified atom stereocenters. The average Bonchev–Trinajstić information content (AvgIpc) is 2.64. The maximum absolute atomic E-state index is 9.13. The maximum Gasteiger partial charge on any atom is 0.146 e. The van der Waals surface area contributed by atoms with Gasteiger partial charge in [0, 0.05) is 24.9 Å². The molecule has 0 bridgehead atoms. The van der Waals surface area contributed by atoms with E-state index in [1.54, 1.807) is 12.2 Å². The number of likely N-dealkylation sites (N-methyl/N-ethyl adjacent to an activating group) is 1. The van der Waals surface area contributed by atoms with Crippen LogP contribution in [-0.2, 0) is 4.74 Å². The highest BCUT2D eigenvalue weighted by Gasteiger charge is 2.15. The highest BCUT2D eigenvalue weighted by Crippen LogP contribution is 2.22. The topological polar surface area (TPSA) is 94.9 Å². The molecule has 1 aliphatic carbocycles. The number of nitrogens with one attached hydrogen (secondary N) is 1. The van der Waals surface area contributed by atoms with Crippen molar-refractivity contribution in [2.75, 3.05) is 31.2 Å². The molecule has 0 aliphatic heterocycles. The van der Waals surface area contributed by atoms with Crippen molar-refractivity contribution in [3.63, 3.8) is 0 Å². The van der Waals surface area contributed by atoms with Gasteiger partial charge in [0.25, 0.3) is 0 Å². The Bertz CT molecular complexity index is 705. The standard InChI is InChI=1S/C20H28N4O2/c1-3-5-12-26-20-14-19(17(21)13-18(20)22)23-15-6-8-16(9-7-15)24(4-2)10-11-25/h6-9,13-14,22,25H,3-5,10-12,21H2,1-2H3. The third-order valence-electron chi connectivity index (χ3n) is 4.10. The third kappa shape index (κ3) is 5.20. The first-order valence-corrected chi connectivity index (χ1v) is 9.04. The van der Waals surface area contributed by atoms with E-state index in [9.17, 15) is 0 Å². The van der Waals surface area contributed by atoms with Gasteiger partial charge >= 0.3 is 0 Å². The molecule has 0 heterocycles. The van der Waals surface area contributed by atoms with E-state index in [0.29, 0.717) is 30.3 Å². The van der Waals surface area contributed by atoms with E-state index < -0.39 is 0 Å². The van der Waals surface area contributed by atoms with E-state index in [4.69, 9.17) is 21.0 Å². The predicted octanol–water partition coefficient (Wildman–Crippen LogP) is 3.15. The van der Waals surface area contributed by atoms with Crippen LogP contribution in [0.4, 0.5) is 11.4 Å². The first kappa shape index (κ1) is 19.7. The van der Waals surface area contributed by atoms with Gasteiger partial charge in [0.1, 0.15) is 5.76 Å². The second-order valence-electron chi connectivity index (χ2n) is 6.04. The number of anilines is 1. The molecule has 2 rings (SSSR count). The molecule has 4 N–H and O–H groups in total. The Morgan fingerprint density at radius 3 is 2.54 bits per heavy atom. The predicted molar refractivity (Wildman–Crippen MR) is 107 cm³/mol. The van der Waals surface area contributed by atoms with Gasteiger partial charge in [0.15, 0.2) is 0 Å². The number of unbranched alkanes of at least 4 members (excludes halogenated alkanes) is 1. The van der Waals surface area contributed by atoms with Crippen LogP contribution in [0.3, 0.4) is 0 Å². The second kappa shape index (κ2) is 9.77. The quantitative estimate of drug-likeness (QED) is 0.468. The van der Waals surface area contributed by atoms with E-state index in [2.05, 4.69) is 23.7 Å². The zero-order valence-corrected chi connectivity index (χ0v) is 15.5. The van der Waals surface area contributed by atoms with Gasteiger partial charge in [-0.15, -0.1) is 0 Å². The fourth-order valence-corrected chi connectivity index (χ4v) is 2.60. The van der Waals surface area contributed by atoms with Crippen LogP contribution in [0.2, 0.25) is 0 Å².